The van der Waals surface area contributed by atoms with Gasteiger partial charge in [0.2, 0.25) is 26.8 Å². The smallest absolute Gasteiger partial charge is 0.407 e. The molecular formula is C34H49N3O11S2. The number of hydrogen-bond acceptors (Lipinski definition) is 11. The number of nitrogens with zero attached hydrogens (tertiary/aromatic N) is 1. The standard InChI is InChI=1S/C34H49N3O11S2/c1-4-17-49(40,41)35-15-8-14-34(2,3)22-37(50(42,43)25-11-12-29-30(19-25)47-23-46-29)20-28(38)27(18-24-9-6-5-7-10-24)36-33(39)48-31-21-45-32-26(31)13-16-44-32/h5-7,9-12,19,26-28,31-32,35,38H,4,8,13-18,20-23H2,1-3H3,(H,36,39)/t26-,27-,28+,31-,32+/m0/s1. The molecule has 3 heterocycles. The van der Waals surface area contributed by atoms with E-state index in [0.717, 1.165) is 5.56 Å². The van der Waals surface area contributed by atoms with Crippen LogP contribution in [0.4, 0.5) is 4.79 Å². The predicted molar refractivity (Wildman–Crippen MR) is 184 cm³/mol. The molecule has 5 atom stereocenters. The summed E-state index contributed by atoms with van der Waals surface area (Å²) in [7, 11) is -7.60. The van der Waals surface area contributed by atoms with Crippen LogP contribution in [-0.2, 0) is 40.7 Å². The van der Waals surface area contributed by atoms with Crippen molar-refractivity contribution in [3.8, 4) is 11.5 Å². The number of aliphatic hydroxyl groups is 1. The second kappa shape index (κ2) is 16.6. The van der Waals surface area contributed by atoms with Crippen LogP contribution in [0.15, 0.2) is 53.4 Å². The highest BCUT2D eigenvalue weighted by Crippen LogP contribution is 2.36. The number of fused-ring (bicyclic) bond motifs is 2. The largest absolute Gasteiger partial charge is 0.454 e. The van der Waals surface area contributed by atoms with Crippen molar-refractivity contribution in [1.82, 2.24) is 14.3 Å². The van der Waals surface area contributed by atoms with Crippen LogP contribution in [0.5, 0.6) is 11.5 Å². The Morgan fingerprint density at radius 3 is 2.60 bits per heavy atom. The fraction of sp³-hybridized carbons (Fsp3) is 0.618. The summed E-state index contributed by atoms with van der Waals surface area (Å²) in [6, 6.07) is 12.7. The zero-order valence-electron chi connectivity index (χ0n) is 28.8. The molecule has 0 aromatic heterocycles. The Kier molecular flexibility index (Phi) is 12.7. The maximum absolute atomic E-state index is 14.3. The average Bonchev–Trinajstić information content (AvgIpc) is 3.82. The lowest BCUT2D eigenvalue weighted by atomic mass is 9.87. The van der Waals surface area contributed by atoms with E-state index < -0.39 is 56.1 Å². The number of nitrogens with one attached hydrogen (secondary N) is 2. The maximum Gasteiger partial charge on any atom is 0.407 e. The molecule has 3 aliphatic rings. The van der Waals surface area contributed by atoms with Gasteiger partial charge < -0.3 is 34.1 Å². The Labute approximate surface area is 294 Å². The first-order chi connectivity index (χ1) is 23.8. The first kappa shape index (κ1) is 38.2. The zero-order chi connectivity index (χ0) is 35.9. The van der Waals surface area contributed by atoms with Crippen molar-refractivity contribution >= 4 is 26.1 Å². The van der Waals surface area contributed by atoms with E-state index in [9.17, 15) is 26.7 Å². The summed E-state index contributed by atoms with van der Waals surface area (Å²) in [6.07, 6.45) is -0.666. The van der Waals surface area contributed by atoms with Gasteiger partial charge in [-0.3, -0.25) is 0 Å². The summed E-state index contributed by atoms with van der Waals surface area (Å²) in [5, 5.41) is 14.6. The Balaban J connectivity index is 1.35. The van der Waals surface area contributed by atoms with E-state index in [1.165, 1.54) is 22.5 Å². The van der Waals surface area contributed by atoms with Gasteiger partial charge in [-0.1, -0.05) is 51.1 Å². The molecule has 0 radical (unpaired) electrons. The fourth-order valence-electron chi connectivity index (χ4n) is 6.48. The van der Waals surface area contributed by atoms with Gasteiger partial charge in [0.15, 0.2) is 17.8 Å². The van der Waals surface area contributed by atoms with Crippen LogP contribution in [0.25, 0.3) is 0 Å². The summed E-state index contributed by atoms with van der Waals surface area (Å²) in [5.74, 6) is 0.674. The normalized spacial score (nSPS) is 21.6. The lowest BCUT2D eigenvalue weighted by Crippen LogP contribution is -2.52. The van der Waals surface area contributed by atoms with Gasteiger partial charge in [-0.15, -0.1) is 0 Å². The van der Waals surface area contributed by atoms with Crippen molar-refractivity contribution in [2.24, 2.45) is 11.3 Å². The summed E-state index contributed by atoms with van der Waals surface area (Å²) in [4.78, 5) is 13.2. The molecule has 0 aliphatic carbocycles. The number of rotatable bonds is 18. The molecule has 5 rings (SSSR count). The van der Waals surface area contributed by atoms with Gasteiger partial charge in [0.1, 0.15) is 6.10 Å². The third-order valence-electron chi connectivity index (χ3n) is 9.11. The molecule has 0 bridgehead atoms. The van der Waals surface area contributed by atoms with E-state index in [4.69, 9.17) is 23.7 Å². The summed E-state index contributed by atoms with van der Waals surface area (Å²) in [6.45, 7) is 6.12. The summed E-state index contributed by atoms with van der Waals surface area (Å²) < 4.78 is 84.4. The highest BCUT2D eigenvalue weighted by molar-refractivity contribution is 7.89. The van der Waals surface area contributed by atoms with E-state index in [1.807, 2.05) is 44.2 Å². The van der Waals surface area contributed by atoms with Crippen molar-refractivity contribution in [1.29, 1.82) is 0 Å². The SMILES string of the molecule is CCCS(=O)(=O)NCCCC(C)(C)CN(C[C@@H](O)[C@H](Cc1ccccc1)NC(=O)O[C@H]1CO[C@H]2OCC[C@H]21)S(=O)(=O)c1ccc2c(c1)OCO2. The molecule has 2 aromatic carbocycles. The average molecular weight is 740 g/mol. The van der Waals surface area contributed by atoms with Gasteiger partial charge in [-0.05, 0) is 55.2 Å². The first-order valence-corrected chi connectivity index (χ1v) is 20.1. The minimum atomic E-state index is -4.22. The van der Waals surface area contributed by atoms with Crippen LogP contribution in [0.3, 0.4) is 0 Å². The van der Waals surface area contributed by atoms with E-state index in [2.05, 4.69) is 10.0 Å². The van der Waals surface area contributed by atoms with Crippen LogP contribution in [0.1, 0.15) is 52.0 Å². The monoisotopic (exact) mass is 739 g/mol. The Bertz CT molecular complexity index is 1660. The maximum atomic E-state index is 14.3. The number of aliphatic hydroxyl groups excluding tert-OH is 1. The molecule has 16 heteroatoms. The third kappa shape index (κ3) is 10.1. The molecule has 14 nitrogen and oxygen atoms in total. The predicted octanol–water partition coefficient (Wildman–Crippen LogP) is 3.00. The molecule has 2 aromatic rings. The number of sulfonamides is 2. The molecule has 2 fully saturated rings. The number of ether oxygens (including phenoxy) is 5. The van der Waals surface area contributed by atoms with Crippen LogP contribution in [-0.4, -0.2) is 102 Å². The molecule has 0 unspecified atom stereocenters. The summed E-state index contributed by atoms with van der Waals surface area (Å²) in [5.41, 5.74) is 0.185. The minimum absolute atomic E-state index is 0.00642. The number of carbonyl (C=O) groups is 1. The first-order valence-electron chi connectivity index (χ1n) is 17.1. The number of benzene rings is 2. The molecule has 3 N–H and O–H groups in total. The van der Waals surface area contributed by atoms with E-state index in [1.54, 1.807) is 6.92 Å². The van der Waals surface area contributed by atoms with Crippen LogP contribution in [0.2, 0.25) is 0 Å². The lowest BCUT2D eigenvalue weighted by molar-refractivity contribution is -0.0907. The lowest BCUT2D eigenvalue weighted by Gasteiger charge is -2.35. The van der Waals surface area contributed by atoms with Crippen molar-refractivity contribution < 1.29 is 50.4 Å². The van der Waals surface area contributed by atoms with Gasteiger partial charge in [0, 0.05) is 25.7 Å². The van der Waals surface area contributed by atoms with E-state index in [0.29, 0.717) is 43.8 Å². The molecule has 278 valence electrons. The summed E-state index contributed by atoms with van der Waals surface area (Å²) >= 11 is 0. The van der Waals surface area contributed by atoms with Crippen molar-refractivity contribution in [2.75, 3.05) is 45.4 Å². The number of carbonyl (C=O) groups excluding carboxylic acids is 1. The van der Waals surface area contributed by atoms with Crippen molar-refractivity contribution in [3.05, 3.63) is 54.1 Å². The highest BCUT2D eigenvalue weighted by atomic mass is 32.2. The quantitative estimate of drug-likeness (QED) is 0.192. The molecule has 1 amide bonds. The van der Waals surface area contributed by atoms with Gasteiger partial charge in [-0.2, -0.15) is 4.31 Å². The molecule has 2 saturated heterocycles. The Hall–Kier alpha value is -2.99. The van der Waals surface area contributed by atoms with E-state index in [-0.39, 0.29) is 56.0 Å². The fourth-order valence-corrected chi connectivity index (χ4v) is 9.28. The second-order valence-electron chi connectivity index (χ2n) is 13.8. The minimum Gasteiger partial charge on any atom is -0.454 e. The van der Waals surface area contributed by atoms with Crippen molar-refractivity contribution in [2.45, 2.75) is 82.3 Å². The molecular weight excluding hydrogens is 691 g/mol. The number of hydrogen-bond donors (Lipinski definition) is 3. The highest BCUT2D eigenvalue weighted by Gasteiger charge is 2.44. The molecule has 0 spiro atoms. The van der Waals surface area contributed by atoms with Crippen molar-refractivity contribution in [3.63, 3.8) is 0 Å². The van der Waals surface area contributed by atoms with Gasteiger partial charge in [0.05, 0.1) is 41.9 Å². The van der Waals surface area contributed by atoms with Gasteiger partial charge >= 0.3 is 6.09 Å². The van der Waals surface area contributed by atoms with Crippen LogP contribution in [0, 0.1) is 11.3 Å². The van der Waals surface area contributed by atoms with Gasteiger partial charge in [0.25, 0.3) is 0 Å². The third-order valence-corrected chi connectivity index (χ3v) is 12.5. The number of alkyl carbamates (subject to hydrolysis) is 1. The van der Waals surface area contributed by atoms with Crippen LogP contribution < -0.4 is 19.5 Å². The Morgan fingerprint density at radius 2 is 1.84 bits per heavy atom. The molecule has 0 saturated carbocycles. The van der Waals surface area contributed by atoms with Gasteiger partial charge in [-0.25, -0.2) is 26.4 Å². The zero-order valence-corrected chi connectivity index (χ0v) is 30.4. The molecule has 50 heavy (non-hydrogen) atoms. The van der Waals surface area contributed by atoms with Crippen LogP contribution >= 0.6 is 0 Å². The molecule has 3 aliphatic heterocycles. The second-order valence-corrected chi connectivity index (χ2v) is 17.6. The topological polar surface area (TPSA) is 179 Å². The number of amides is 1. The van der Waals surface area contributed by atoms with E-state index >= 15 is 0 Å². The Morgan fingerprint density at radius 1 is 1.08 bits per heavy atom.